The van der Waals surface area contributed by atoms with Gasteiger partial charge in [-0.1, -0.05) is 0 Å². The lowest BCUT2D eigenvalue weighted by molar-refractivity contribution is -0.272. The Labute approximate surface area is 170 Å². The summed E-state index contributed by atoms with van der Waals surface area (Å²) in [5, 5.41) is 16.4. The van der Waals surface area contributed by atoms with Crippen molar-refractivity contribution in [2.45, 2.75) is 31.5 Å². The molecule has 0 spiro atoms. The van der Waals surface area contributed by atoms with E-state index in [1.54, 1.807) is 7.11 Å². The summed E-state index contributed by atoms with van der Waals surface area (Å²) in [5.41, 5.74) is -3.06. The molecule has 1 aromatic heterocycles. The van der Waals surface area contributed by atoms with E-state index in [0.29, 0.717) is 25.7 Å². The Bertz CT molecular complexity index is 623. The Balaban J connectivity index is 2.66. The number of halogens is 3. The zero-order valence-corrected chi connectivity index (χ0v) is 17.6. The van der Waals surface area contributed by atoms with Crippen molar-refractivity contribution in [2.24, 2.45) is 12.0 Å². The van der Waals surface area contributed by atoms with E-state index in [0.717, 1.165) is 19.5 Å². The van der Waals surface area contributed by atoms with Crippen LogP contribution < -0.4 is 10.6 Å². The molecule has 11 heteroatoms. The van der Waals surface area contributed by atoms with Crippen molar-refractivity contribution in [2.75, 3.05) is 53.5 Å². The molecule has 1 rings (SSSR count). The number of aryl methyl sites for hydroxylation is 1. The first-order valence-corrected chi connectivity index (χ1v) is 9.62. The van der Waals surface area contributed by atoms with Crippen LogP contribution in [0.15, 0.2) is 17.4 Å². The van der Waals surface area contributed by atoms with E-state index in [1.807, 2.05) is 14.0 Å². The molecule has 8 nitrogen and oxygen atoms in total. The maximum absolute atomic E-state index is 13.5. The van der Waals surface area contributed by atoms with Gasteiger partial charge in [0.05, 0.1) is 0 Å². The third-order valence-electron chi connectivity index (χ3n) is 4.42. The highest BCUT2D eigenvalue weighted by atomic mass is 19.4. The van der Waals surface area contributed by atoms with Crippen LogP contribution in [0.5, 0.6) is 0 Å². The normalized spacial score (nSPS) is 14.9. The molecule has 0 fully saturated rings. The Kier molecular flexibility index (Phi) is 10.4. The molecule has 3 N–H and O–H groups in total. The zero-order valence-electron chi connectivity index (χ0n) is 17.6. The molecule has 0 bridgehead atoms. The average molecular weight is 422 g/mol. The maximum Gasteiger partial charge on any atom is 0.424 e. The first kappa shape index (κ1) is 25.2. The molecule has 1 unspecified atom stereocenters. The van der Waals surface area contributed by atoms with Gasteiger partial charge in [0.15, 0.2) is 5.96 Å². The van der Waals surface area contributed by atoms with Gasteiger partial charge in [-0.2, -0.15) is 13.2 Å². The lowest BCUT2D eigenvalue weighted by atomic mass is 9.98. The number of hydrogen-bond donors (Lipinski definition) is 3. The molecule has 0 radical (unpaired) electrons. The SMILES string of the molecule is CCNC(=NCCC(O)(c1nccn1C)C(F)(F)F)NCCN(C)CCCOC. The fraction of sp³-hybridized carbons (Fsp3) is 0.778. The number of methoxy groups -OCH3 is 1. The topological polar surface area (TPSA) is 86.9 Å². The molecule has 0 aliphatic rings. The summed E-state index contributed by atoms with van der Waals surface area (Å²) in [6.07, 6.45) is -1.98. The van der Waals surface area contributed by atoms with Crippen molar-refractivity contribution in [3.8, 4) is 0 Å². The van der Waals surface area contributed by atoms with Crippen molar-refractivity contribution < 1.29 is 23.0 Å². The van der Waals surface area contributed by atoms with E-state index in [-0.39, 0.29) is 6.54 Å². The van der Waals surface area contributed by atoms with Crippen LogP contribution in [0, 0.1) is 0 Å². The molecular weight excluding hydrogens is 389 g/mol. The van der Waals surface area contributed by atoms with Crippen molar-refractivity contribution in [3.05, 3.63) is 18.2 Å². The van der Waals surface area contributed by atoms with Crippen LogP contribution in [0.1, 0.15) is 25.6 Å². The molecule has 29 heavy (non-hydrogen) atoms. The highest BCUT2D eigenvalue weighted by Crippen LogP contribution is 2.40. The number of aliphatic hydroxyl groups is 1. The molecule has 168 valence electrons. The summed E-state index contributed by atoms with van der Waals surface area (Å²) in [7, 11) is 5.06. The fourth-order valence-electron chi connectivity index (χ4n) is 2.77. The third-order valence-corrected chi connectivity index (χ3v) is 4.42. The first-order valence-electron chi connectivity index (χ1n) is 9.62. The molecule has 0 saturated carbocycles. The molecule has 0 amide bonds. The van der Waals surface area contributed by atoms with Crippen molar-refractivity contribution in [1.82, 2.24) is 25.1 Å². The van der Waals surface area contributed by atoms with Crippen molar-refractivity contribution in [3.63, 3.8) is 0 Å². The fourth-order valence-corrected chi connectivity index (χ4v) is 2.77. The molecule has 0 saturated heterocycles. The van der Waals surface area contributed by atoms with Gasteiger partial charge in [-0.15, -0.1) is 0 Å². The summed E-state index contributed by atoms with van der Waals surface area (Å²) in [5.74, 6) is -0.0435. The van der Waals surface area contributed by atoms with Crippen LogP contribution in [-0.2, 0) is 17.4 Å². The second-order valence-electron chi connectivity index (χ2n) is 6.81. The monoisotopic (exact) mass is 422 g/mol. The minimum atomic E-state index is -4.86. The largest absolute Gasteiger partial charge is 0.424 e. The quantitative estimate of drug-likeness (QED) is 0.266. The minimum absolute atomic E-state index is 0.220. The Hall–Kier alpha value is -1.85. The number of nitrogens with zero attached hydrogens (tertiary/aromatic N) is 4. The van der Waals surface area contributed by atoms with Gasteiger partial charge in [0.25, 0.3) is 0 Å². The predicted octanol–water partition coefficient (Wildman–Crippen LogP) is 1.08. The minimum Gasteiger partial charge on any atom is -0.385 e. The maximum atomic E-state index is 13.5. The highest BCUT2D eigenvalue weighted by molar-refractivity contribution is 5.79. The molecular formula is C18H33F3N6O2. The number of ether oxygens (including phenoxy) is 1. The van der Waals surface area contributed by atoms with Gasteiger partial charge >= 0.3 is 6.18 Å². The standard InChI is InChI=1S/C18H33F3N6O2/c1-5-22-16(25-9-12-26(2)11-6-14-29-4)24-8-7-17(28,18(19,20)21)15-23-10-13-27(15)3/h10,13,28H,5-9,11-12,14H2,1-4H3,(H2,22,24,25). The lowest BCUT2D eigenvalue weighted by Gasteiger charge is -2.29. The second-order valence-corrected chi connectivity index (χ2v) is 6.81. The number of alkyl halides is 3. The number of guanidine groups is 1. The Morgan fingerprint density at radius 3 is 2.62 bits per heavy atom. The number of aromatic nitrogens is 2. The lowest BCUT2D eigenvalue weighted by Crippen LogP contribution is -2.45. The smallest absolute Gasteiger partial charge is 0.385 e. The van der Waals surface area contributed by atoms with Crippen molar-refractivity contribution in [1.29, 1.82) is 0 Å². The van der Waals surface area contributed by atoms with Gasteiger partial charge in [-0.05, 0) is 20.4 Å². The van der Waals surface area contributed by atoms with Gasteiger partial charge < -0.3 is 29.9 Å². The number of likely N-dealkylation sites (N-methyl/N-ethyl adjacent to an activating group) is 1. The summed E-state index contributed by atoms with van der Waals surface area (Å²) in [6.45, 7) is 5.12. The number of rotatable bonds is 12. The van der Waals surface area contributed by atoms with Crippen LogP contribution in [0.2, 0.25) is 0 Å². The molecule has 0 aliphatic heterocycles. The van der Waals surface area contributed by atoms with E-state index in [9.17, 15) is 18.3 Å². The molecule has 1 aromatic rings. The number of hydrogen-bond acceptors (Lipinski definition) is 5. The number of nitrogens with one attached hydrogen (secondary N) is 2. The highest BCUT2D eigenvalue weighted by Gasteiger charge is 2.57. The van der Waals surface area contributed by atoms with Crippen LogP contribution >= 0.6 is 0 Å². The first-order chi connectivity index (χ1) is 13.7. The number of aliphatic imine (C=N–C) groups is 1. The van der Waals surface area contributed by atoms with Crippen LogP contribution in [0.4, 0.5) is 13.2 Å². The van der Waals surface area contributed by atoms with Crippen LogP contribution in [0.25, 0.3) is 0 Å². The zero-order chi connectivity index (χ0) is 21.9. The summed E-state index contributed by atoms with van der Waals surface area (Å²) < 4.78 is 46.8. The van der Waals surface area contributed by atoms with Gasteiger partial charge in [0.1, 0.15) is 5.82 Å². The molecule has 0 aromatic carbocycles. The Morgan fingerprint density at radius 1 is 1.34 bits per heavy atom. The van der Waals surface area contributed by atoms with Crippen molar-refractivity contribution >= 4 is 5.96 Å². The van der Waals surface area contributed by atoms with Crippen LogP contribution in [-0.4, -0.2) is 85.2 Å². The van der Waals surface area contributed by atoms with E-state index in [2.05, 4.69) is 25.5 Å². The Morgan fingerprint density at radius 2 is 2.07 bits per heavy atom. The summed E-state index contributed by atoms with van der Waals surface area (Å²) in [6, 6.07) is 0. The molecule has 1 atom stereocenters. The van der Waals surface area contributed by atoms with Gasteiger partial charge in [-0.3, -0.25) is 4.99 Å². The van der Waals surface area contributed by atoms with E-state index < -0.39 is 24.0 Å². The van der Waals surface area contributed by atoms with E-state index >= 15 is 0 Å². The third kappa shape index (κ3) is 7.82. The molecule has 1 heterocycles. The van der Waals surface area contributed by atoms with E-state index in [1.165, 1.54) is 24.0 Å². The van der Waals surface area contributed by atoms with Gasteiger partial charge in [0.2, 0.25) is 5.60 Å². The molecule has 0 aliphatic carbocycles. The summed E-state index contributed by atoms with van der Waals surface area (Å²) in [4.78, 5) is 9.99. The summed E-state index contributed by atoms with van der Waals surface area (Å²) >= 11 is 0. The second kappa shape index (κ2) is 12.0. The van der Waals surface area contributed by atoms with Crippen LogP contribution in [0.3, 0.4) is 0 Å². The van der Waals surface area contributed by atoms with Gasteiger partial charge in [0, 0.05) is 72.3 Å². The number of imidazole rings is 1. The van der Waals surface area contributed by atoms with E-state index in [4.69, 9.17) is 4.74 Å². The van der Waals surface area contributed by atoms with Gasteiger partial charge in [-0.25, -0.2) is 4.98 Å². The average Bonchev–Trinajstić information content (AvgIpc) is 3.07. The predicted molar refractivity (Wildman–Crippen MR) is 106 cm³/mol.